The summed E-state index contributed by atoms with van der Waals surface area (Å²) in [5.74, 6) is 0.947. The van der Waals surface area contributed by atoms with Gasteiger partial charge in [0.05, 0.1) is 0 Å². The number of likely N-dealkylation sites (N-methyl/N-ethyl adjacent to an activating group) is 1. The van der Waals surface area contributed by atoms with E-state index in [1.165, 1.54) is 51.6 Å². The quantitative estimate of drug-likeness (QED) is 0.768. The number of rotatable bonds is 3. The van der Waals surface area contributed by atoms with Crippen molar-refractivity contribution in [2.24, 2.45) is 5.92 Å². The molecule has 0 aromatic rings. The predicted octanol–water partition coefficient (Wildman–Crippen LogP) is 2.25. The maximum atomic E-state index is 3.60. The standard InChI is InChI=1S/C13H26N2/c1-11-5-3-7-13(9-11)15(2)10-12-6-4-8-14-12/h11-14H,3-10H2,1-2H3. The van der Waals surface area contributed by atoms with Gasteiger partial charge in [-0.2, -0.15) is 0 Å². The van der Waals surface area contributed by atoms with E-state index in [0.717, 1.165) is 18.0 Å². The van der Waals surface area contributed by atoms with Crippen LogP contribution in [0.25, 0.3) is 0 Å². The van der Waals surface area contributed by atoms with Crippen LogP contribution in [0.2, 0.25) is 0 Å². The van der Waals surface area contributed by atoms with E-state index in [0.29, 0.717) is 0 Å². The van der Waals surface area contributed by atoms with Gasteiger partial charge in [0.1, 0.15) is 0 Å². The van der Waals surface area contributed by atoms with E-state index in [1.807, 2.05) is 0 Å². The van der Waals surface area contributed by atoms with Crippen molar-refractivity contribution in [3.05, 3.63) is 0 Å². The van der Waals surface area contributed by atoms with Crippen molar-refractivity contribution in [3.8, 4) is 0 Å². The van der Waals surface area contributed by atoms with Gasteiger partial charge in [-0.25, -0.2) is 0 Å². The summed E-state index contributed by atoms with van der Waals surface area (Å²) in [5.41, 5.74) is 0. The number of nitrogens with zero attached hydrogens (tertiary/aromatic N) is 1. The average molecular weight is 210 g/mol. The lowest BCUT2D eigenvalue weighted by molar-refractivity contribution is 0.153. The Hall–Kier alpha value is -0.0800. The molecule has 15 heavy (non-hydrogen) atoms. The Morgan fingerprint density at radius 2 is 2.07 bits per heavy atom. The SMILES string of the molecule is CC1CCCC(N(C)CC2CCCN2)C1. The fourth-order valence-corrected chi connectivity index (χ4v) is 3.21. The third-order valence-electron chi connectivity index (χ3n) is 4.20. The van der Waals surface area contributed by atoms with Gasteiger partial charge in [0, 0.05) is 18.6 Å². The lowest BCUT2D eigenvalue weighted by Gasteiger charge is -2.35. The number of hydrogen-bond donors (Lipinski definition) is 1. The predicted molar refractivity (Wildman–Crippen MR) is 65.1 cm³/mol. The zero-order valence-corrected chi connectivity index (χ0v) is 10.3. The highest BCUT2D eigenvalue weighted by Gasteiger charge is 2.24. The maximum absolute atomic E-state index is 3.60. The second-order valence-electron chi connectivity index (χ2n) is 5.66. The highest BCUT2D eigenvalue weighted by molar-refractivity contribution is 4.82. The first-order valence-electron chi connectivity index (χ1n) is 6.69. The smallest absolute Gasteiger partial charge is 0.0195 e. The van der Waals surface area contributed by atoms with Crippen LogP contribution in [0.1, 0.15) is 45.4 Å². The van der Waals surface area contributed by atoms with Crippen molar-refractivity contribution in [3.63, 3.8) is 0 Å². The molecule has 0 bridgehead atoms. The molecule has 0 amide bonds. The summed E-state index contributed by atoms with van der Waals surface area (Å²) in [6.45, 7) is 4.91. The lowest BCUT2D eigenvalue weighted by Crippen LogP contribution is -2.42. The molecule has 0 radical (unpaired) electrons. The van der Waals surface area contributed by atoms with Gasteiger partial charge in [0.2, 0.25) is 0 Å². The zero-order chi connectivity index (χ0) is 10.7. The molecule has 1 N–H and O–H groups in total. The lowest BCUT2D eigenvalue weighted by atomic mass is 9.86. The minimum Gasteiger partial charge on any atom is -0.313 e. The summed E-state index contributed by atoms with van der Waals surface area (Å²) < 4.78 is 0. The molecule has 0 aromatic carbocycles. The van der Waals surface area contributed by atoms with Crippen LogP contribution in [0.15, 0.2) is 0 Å². The van der Waals surface area contributed by atoms with E-state index in [1.54, 1.807) is 0 Å². The van der Waals surface area contributed by atoms with E-state index in [4.69, 9.17) is 0 Å². The first-order chi connectivity index (χ1) is 7.25. The van der Waals surface area contributed by atoms with Crippen LogP contribution in [0.4, 0.5) is 0 Å². The van der Waals surface area contributed by atoms with Crippen molar-refractivity contribution in [1.82, 2.24) is 10.2 Å². The molecule has 2 heteroatoms. The zero-order valence-electron chi connectivity index (χ0n) is 10.3. The second-order valence-corrected chi connectivity index (χ2v) is 5.66. The molecule has 0 spiro atoms. The fourth-order valence-electron chi connectivity index (χ4n) is 3.21. The van der Waals surface area contributed by atoms with Gasteiger partial charge in [0.15, 0.2) is 0 Å². The highest BCUT2D eigenvalue weighted by atomic mass is 15.2. The van der Waals surface area contributed by atoms with E-state index in [2.05, 4.69) is 24.2 Å². The molecule has 1 saturated carbocycles. The Morgan fingerprint density at radius 1 is 1.20 bits per heavy atom. The molecule has 2 rings (SSSR count). The van der Waals surface area contributed by atoms with Gasteiger partial charge in [-0.1, -0.05) is 19.8 Å². The molecule has 1 aliphatic heterocycles. The molecule has 1 heterocycles. The Bertz CT molecular complexity index is 187. The topological polar surface area (TPSA) is 15.3 Å². The van der Waals surface area contributed by atoms with Crippen LogP contribution < -0.4 is 5.32 Å². The van der Waals surface area contributed by atoms with Crippen molar-refractivity contribution in [1.29, 1.82) is 0 Å². The molecule has 3 unspecified atom stereocenters. The van der Waals surface area contributed by atoms with Gasteiger partial charge in [0.25, 0.3) is 0 Å². The molecular formula is C13H26N2. The Morgan fingerprint density at radius 3 is 2.73 bits per heavy atom. The highest BCUT2D eigenvalue weighted by Crippen LogP contribution is 2.26. The van der Waals surface area contributed by atoms with E-state index in [-0.39, 0.29) is 0 Å². The maximum Gasteiger partial charge on any atom is 0.0195 e. The molecule has 88 valence electrons. The third kappa shape index (κ3) is 3.18. The Labute approximate surface area is 94.4 Å². The van der Waals surface area contributed by atoms with Gasteiger partial charge < -0.3 is 10.2 Å². The number of hydrogen-bond acceptors (Lipinski definition) is 2. The van der Waals surface area contributed by atoms with E-state index in [9.17, 15) is 0 Å². The third-order valence-corrected chi connectivity index (χ3v) is 4.20. The summed E-state index contributed by atoms with van der Waals surface area (Å²) in [7, 11) is 2.32. The average Bonchev–Trinajstić information content (AvgIpc) is 2.70. The van der Waals surface area contributed by atoms with Crippen LogP contribution in [0.5, 0.6) is 0 Å². The molecule has 2 aliphatic rings. The molecule has 1 aliphatic carbocycles. The molecular weight excluding hydrogens is 184 g/mol. The van der Waals surface area contributed by atoms with Crippen molar-refractivity contribution in [2.45, 2.75) is 57.5 Å². The van der Waals surface area contributed by atoms with Gasteiger partial charge in [-0.15, -0.1) is 0 Å². The Kier molecular flexibility index (Phi) is 4.04. The summed E-state index contributed by atoms with van der Waals surface area (Å²) in [5, 5.41) is 3.60. The van der Waals surface area contributed by atoms with Crippen LogP contribution in [-0.4, -0.2) is 37.1 Å². The first kappa shape index (κ1) is 11.4. The van der Waals surface area contributed by atoms with Crippen molar-refractivity contribution < 1.29 is 0 Å². The van der Waals surface area contributed by atoms with Crippen LogP contribution in [0.3, 0.4) is 0 Å². The van der Waals surface area contributed by atoms with E-state index >= 15 is 0 Å². The first-order valence-corrected chi connectivity index (χ1v) is 6.69. The summed E-state index contributed by atoms with van der Waals surface area (Å²) in [6, 6.07) is 1.63. The van der Waals surface area contributed by atoms with Crippen LogP contribution in [-0.2, 0) is 0 Å². The summed E-state index contributed by atoms with van der Waals surface area (Å²) in [6.07, 6.45) is 8.49. The van der Waals surface area contributed by atoms with Gasteiger partial charge in [-0.05, 0) is 45.2 Å². The minimum atomic E-state index is 0.771. The molecule has 3 atom stereocenters. The molecule has 0 aromatic heterocycles. The minimum absolute atomic E-state index is 0.771. The molecule has 2 fully saturated rings. The van der Waals surface area contributed by atoms with Gasteiger partial charge >= 0.3 is 0 Å². The largest absolute Gasteiger partial charge is 0.313 e. The Balaban J connectivity index is 1.76. The van der Waals surface area contributed by atoms with Crippen LogP contribution >= 0.6 is 0 Å². The summed E-state index contributed by atoms with van der Waals surface area (Å²) >= 11 is 0. The van der Waals surface area contributed by atoms with Crippen LogP contribution in [0, 0.1) is 5.92 Å². The van der Waals surface area contributed by atoms with E-state index < -0.39 is 0 Å². The second kappa shape index (κ2) is 5.31. The number of nitrogens with one attached hydrogen (secondary N) is 1. The molecule has 2 nitrogen and oxygen atoms in total. The fraction of sp³-hybridized carbons (Fsp3) is 1.00. The molecule has 1 saturated heterocycles. The van der Waals surface area contributed by atoms with Crippen molar-refractivity contribution in [2.75, 3.05) is 20.1 Å². The summed E-state index contributed by atoms with van der Waals surface area (Å²) in [4.78, 5) is 2.61. The van der Waals surface area contributed by atoms with Gasteiger partial charge in [-0.3, -0.25) is 0 Å². The monoisotopic (exact) mass is 210 g/mol. The normalized spacial score (nSPS) is 37.4. The van der Waals surface area contributed by atoms with Crippen molar-refractivity contribution >= 4 is 0 Å².